The fourth-order valence-electron chi connectivity index (χ4n) is 3.84. The van der Waals surface area contributed by atoms with Gasteiger partial charge in [-0.05, 0) is 36.8 Å². The summed E-state index contributed by atoms with van der Waals surface area (Å²) in [6.07, 6.45) is 4.90. The van der Waals surface area contributed by atoms with E-state index in [1.807, 2.05) is 18.2 Å². The van der Waals surface area contributed by atoms with Crippen molar-refractivity contribution in [3.8, 4) is 0 Å². The highest BCUT2D eigenvalue weighted by Gasteiger charge is 2.39. The van der Waals surface area contributed by atoms with Crippen molar-refractivity contribution in [3.63, 3.8) is 0 Å². The zero-order valence-corrected chi connectivity index (χ0v) is 15.2. The Morgan fingerprint density at radius 2 is 1.93 bits per heavy atom. The highest BCUT2D eigenvalue weighted by molar-refractivity contribution is 6.05. The monoisotopic (exact) mass is 372 g/mol. The maximum absolute atomic E-state index is 12.9. The Bertz CT molecular complexity index is 774. The average Bonchev–Trinajstić information content (AvgIpc) is 2.95. The Labute approximate surface area is 157 Å². The minimum absolute atomic E-state index is 0.138. The first kappa shape index (κ1) is 19.1. The van der Waals surface area contributed by atoms with Gasteiger partial charge in [-0.25, -0.2) is 0 Å². The lowest BCUT2D eigenvalue weighted by molar-refractivity contribution is -0.138. The summed E-state index contributed by atoms with van der Waals surface area (Å²) in [6, 6.07) is 5.20. The predicted molar refractivity (Wildman–Crippen MR) is 96.9 cm³/mol. The van der Waals surface area contributed by atoms with Crippen molar-refractivity contribution in [1.82, 2.24) is 10.2 Å². The molecule has 1 saturated heterocycles. The van der Waals surface area contributed by atoms with E-state index in [0.717, 1.165) is 36.8 Å². The Morgan fingerprint density at radius 1 is 1.15 bits per heavy atom. The lowest BCUT2D eigenvalue weighted by Crippen LogP contribution is -2.52. The molecule has 1 unspecified atom stereocenters. The van der Waals surface area contributed by atoms with Gasteiger partial charge < -0.3 is 10.0 Å². The molecule has 0 radical (unpaired) electrons. The number of amides is 3. The molecular formula is C20H24N2O5. The second-order valence-corrected chi connectivity index (χ2v) is 7.16. The standard InChI is InChI=1S/C20H24N2O5/c23-16-11-10-15(19(26)21-16)22-12-14-8-5-7-13(18(14)20(22)27)6-3-1-2-4-9-17(24)25/h5,7-8,15H,1-4,6,9-12H2,(H,24,25)(H,21,23,26). The molecule has 0 spiro atoms. The van der Waals surface area contributed by atoms with Crippen LogP contribution in [0.2, 0.25) is 0 Å². The number of piperidine rings is 1. The van der Waals surface area contributed by atoms with Crippen molar-refractivity contribution < 1.29 is 24.3 Å². The molecule has 1 atom stereocenters. The van der Waals surface area contributed by atoms with Crippen LogP contribution in [0.25, 0.3) is 0 Å². The molecule has 3 rings (SSSR count). The summed E-state index contributed by atoms with van der Waals surface area (Å²) in [4.78, 5) is 48.5. The Kier molecular flexibility index (Phi) is 5.88. The SMILES string of the molecule is O=C(O)CCCCCCc1cccc2c1C(=O)N(C1CCC(=O)NC1=O)C2. The Morgan fingerprint density at radius 3 is 2.67 bits per heavy atom. The van der Waals surface area contributed by atoms with Gasteiger partial charge in [0.1, 0.15) is 6.04 Å². The van der Waals surface area contributed by atoms with Crippen LogP contribution in [0.5, 0.6) is 0 Å². The molecule has 0 saturated carbocycles. The van der Waals surface area contributed by atoms with E-state index in [0.29, 0.717) is 24.9 Å². The van der Waals surface area contributed by atoms with Crippen molar-refractivity contribution in [2.75, 3.05) is 0 Å². The van der Waals surface area contributed by atoms with Crippen molar-refractivity contribution in [2.24, 2.45) is 0 Å². The van der Waals surface area contributed by atoms with E-state index >= 15 is 0 Å². The second kappa shape index (κ2) is 8.33. The molecule has 1 aromatic rings. The number of carboxylic acids is 1. The molecule has 1 fully saturated rings. The summed E-state index contributed by atoms with van der Waals surface area (Å²) < 4.78 is 0. The normalized spacial score (nSPS) is 19.2. The Hall–Kier alpha value is -2.70. The summed E-state index contributed by atoms with van der Waals surface area (Å²) in [6.45, 7) is 0.396. The van der Waals surface area contributed by atoms with Gasteiger partial charge in [0.15, 0.2) is 0 Å². The molecule has 7 heteroatoms. The molecule has 2 heterocycles. The van der Waals surface area contributed by atoms with E-state index in [1.54, 1.807) is 4.90 Å². The number of benzene rings is 1. The average molecular weight is 372 g/mol. The Balaban J connectivity index is 1.61. The van der Waals surface area contributed by atoms with Gasteiger partial charge in [-0.15, -0.1) is 0 Å². The molecule has 2 aliphatic rings. The summed E-state index contributed by atoms with van der Waals surface area (Å²) in [7, 11) is 0. The topological polar surface area (TPSA) is 104 Å². The van der Waals surface area contributed by atoms with Crippen LogP contribution in [0.4, 0.5) is 0 Å². The van der Waals surface area contributed by atoms with Crippen LogP contribution in [0.1, 0.15) is 66.4 Å². The van der Waals surface area contributed by atoms with E-state index in [2.05, 4.69) is 5.32 Å². The number of nitrogens with one attached hydrogen (secondary N) is 1. The zero-order chi connectivity index (χ0) is 19.4. The number of fused-ring (bicyclic) bond motifs is 1. The maximum Gasteiger partial charge on any atom is 0.303 e. The number of aryl methyl sites for hydroxylation is 1. The first-order valence-electron chi connectivity index (χ1n) is 9.44. The minimum Gasteiger partial charge on any atom is -0.481 e. The number of hydrogen-bond acceptors (Lipinski definition) is 4. The van der Waals surface area contributed by atoms with Crippen LogP contribution < -0.4 is 5.32 Å². The molecule has 27 heavy (non-hydrogen) atoms. The number of imide groups is 1. The van der Waals surface area contributed by atoms with E-state index in [9.17, 15) is 19.2 Å². The van der Waals surface area contributed by atoms with Crippen LogP contribution in [-0.4, -0.2) is 39.7 Å². The lowest BCUT2D eigenvalue weighted by atomic mass is 9.97. The zero-order valence-electron chi connectivity index (χ0n) is 15.2. The van der Waals surface area contributed by atoms with E-state index in [-0.39, 0.29) is 24.7 Å². The van der Waals surface area contributed by atoms with Gasteiger partial charge in [0.25, 0.3) is 5.91 Å². The van der Waals surface area contributed by atoms with Gasteiger partial charge in [-0.2, -0.15) is 0 Å². The van der Waals surface area contributed by atoms with Crippen molar-refractivity contribution >= 4 is 23.7 Å². The first-order chi connectivity index (χ1) is 13.0. The number of unbranched alkanes of at least 4 members (excludes halogenated alkanes) is 3. The number of rotatable bonds is 8. The number of carbonyl (C=O) groups is 4. The number of nitrogens with zero attached hydrogens (tertiary/aromatic N) is 1. The quantitative estimate of drug-likeness (QED) is 0.537. The summed E-state index contributed by atoms with van der Waals surface area (Å²) >= 11 is 0. The summed E-state index contributed by atoms with van der Waals surface area (Å²) in [5, 5.41) is 11.0. The van der Waals surface area contributed by atoms with Crippen LogP contribution in [-0.2, 0) is 27.3 Å². The molecule has 7 nitrogen and oxygen atoms in total. The lowest BCUT2D eigenvalue weighted by Gasteiger charge is -2.29. The third kappa shape index (κ3) is 4.35. The van der Waals surface area contributed by atoms with Gasteiger partial charge >= 0.3 is 5.97 Å². The summed E-state index contributed by atoms with van der Waals surface area (Å²) in [5.41, 5.74) is 2.59. The third-order valence-electron chi connectivity index (χ3n) is 5.23. The van der Waals surface area contributed by atoms with Crippen molar-refractivity contribution in [3.05, 3.63) is 34.9 Å². The molecule has 1 aromatic carbocycles. The summed E-state index contributed by atoms with van der Waals surface area (Å²) in [5.74, 6) is -1.59. The number of carbonyl (C=O) groups excluding carboxylic acids is 3. The van der Waals surface area contributed by atoms with Crippen molar-refractivity contribution in [2.45, 2.75) is 64.0 Å². The molecule has 2 aliphatic heterocycles. The molecule has 0 bridgehead atoms. The maximum atomic E-state index is 12.9. The van der Waals surface area contributed by atoms with Crippen LogP contribution in [0.3, 0.4) is 0 Å². The van der Waals surface area contributed by atoms with Gasteiger partial charge in [0.05, 0.1) is 0 Å². The molecule has 0 aromatic heterocycles. The third-order valence-corrected chi connectivity index (χ3v) is 5.23. The minimum atomic E-state index is -0.769. The van der Waals surface area contributed by atoms with E-state index < -0.39 is 17.9 Å². The van der Waals surface area contributed by atoms with Gasteiger partial charge in [-0.1, -0.05) is 31.0 Å². The first-order valence-corrected chi connectivity index (χ1v) is 9.44. The second-order valence-electron chi connectivity index (χ2n) is 7.16. The van der Waals surface area contributed by atoms with E-state index in [1.165, 1.54) is 0 Å². The number of carboxylic acid groups (broad SMARTS) is 1. The largest absolute Gasteiger partial charge is 0.481 e. The molecule has 3 amide bonds. The van der Waals surface area contributed by atoms with Gasteiger partial charge in [-0.3, -0.25) is 24.5 Å². The molecule has 2 N–H and O–H groups in total. The fourth-order valence-corrected chi connectivity index (χ4v) is 3.84. The highest BCUT2D eigenvalue weighted by Crippen LogP contribution is 2.30. The van der Waals surface area contributed by atoms with Gasteiger partial charge in [0.2, 0.25) is 11.8 Å². The highest BCUT2D eigenvalue weighted by atomic mass is 16.4. The van der Waals surface area contributed by atoms with Crippen LogP contribution in [0.15, 0.2) is 18.2 Å². The van der Waals surface area contributed by atoms with Gasteiger partial charge in [0, 0.05) is 24.9 Å². The number of aliphatic carboxylic acids is 1. The van der Waals surface area contributed by atoms with Crippen LogP contribution in [0, 0.1) is 0 Å². The fraction of sp³-hybridized carbons (Fsp3) is 0.500. The molecular weight excluding hydrogens is 348 g/mol. The predicted octanol–water partition coefficient (Wildman–Crippen LogP) is 2.03. The van der Waals surface area contributed by atoms with E-state index in [4.69, 9.17) is 5.11 Å². The molecule has 0 aliphatic carbocycles. The number of hydrogen-bond donors (Lipinski definition) is 2. The smallest absolute Gasteiger partial charge is 0.303 e. The molecule has 144 valence electrons. The van der Waals surface area contributed by atoms with Crippen molar-refractivity contribution in [1.29, 1.82) is 0 Å². The van der Waals surface area contributed by atoms with Crippen LogP contribution >= 0.6 is 0 Å².